The summed E-state index contributed by atoms with van der Waals surface area (Å²) in [4.78, 5) is 25.2. The molecule has 0 aromatic heterocycles. The van der Waals surface area contributed by atoms with Gasteiger partial charge < -0.3 is 25.7 Å². The molecule has 2 aliphatic rings. The number of nitrogens with zero attached hydrogens (tertiary/aromatic N) is 1. The molecule has 0 radical (unpaired) electrons. The molecular weight excluding hydrogens is 620 g/mol. The minimum atomic E-state index is -4.24. The molecule has 12 heteroatoms. The fourth-order valence-corrected chi connectivity index (χ4v) is 8.46. The van der Waals surface area contributed by atoms with Crippen LogP contribution in [-0.4, -0.2) is 55.6 Å². The average Bonchev–Trinajstić information content (AvgIpc) is 3.33. The van der Waals surface area contributed by atoms with Crippen LogP contribution in [0.4, 0.5) is 4.79 Å². The van der Waals surface area contributed by atoms with E-state index in [1.165, 1.54) is 0 Å². The van der Waals surface area contributed by atoms with Crippen LogP contribution in [0.25, 0.3) is 11.1 Å². The highest BCUT2D eigenvalue weighted by Gasteiger charge is 2.36. The number of fused-ring (bicyclic) bond motifs is 4. The summed E-state index contributed by atoms with van der Waals surface area (Å²) < 4.78 is 45.1. The fourth-order valence-electron chi connectivity index (χ4n) is 6.57. The number of guanidine groups is 1. The highest BCUT2D eigenvalue weighted by atomic mass is 32.2. The zero-order chi connectivity index (χ0) is 34.3. The van der Waals surface area contributed by atoms with E-state index in [0.717, 1.165) is 44.1 Å². The van der Waals surface area contributed by atoms with Crippen LogP contribution in [0.3, 0.4) is 0 Å². The van der Waals surface area contributed by atoms with Gasteiger partial charge in [-0.15, -0.1) is 0 Å². The Morgan fingerprint density at radius 1 is 1.02 bits per heavy atom. The largest absolute Gasteiger partial charge is 0.516 e. The van der Waals surface area contributed by atoms with E-state index < -0.39 is 34.1 Å². The molecule has 11 nitrogen and oxygen atoms in total. The first-order chi connectivity index (χ1) is 22.1. The standard InChI is InChI=1S/C35H42N4O7S/c1-20-21(2)31(22(3)23-16-17-35(4,5)46-30(20)23)47(42,43)39(33(37)38)18-10-15-29(36)32(40)45-34(41)44-19-28-26-13-8-6-11-24(26)25-12-7-9-14-27(25)28/h6-9,11-14,28-29H,10,15-19,36H2,1-5H3,(H3,37,38)/t29-/m0/s1. The van der Waals surface area contributed by atoms with Gasteiger partial charge in [0.15, 0.2) is 0 Å². The number of esters is 1. The van der Waals surface area contributed by atoms with Crippen molar-refractivity contribution in [2.45, 2.75) is 82.8 Å². The highest BCUT2D eigenvalue weighted by Crippen LogP contribution is 2.45. The van der Waals surface area contributed by atoms with E-state index in [2.05, 4.69) is 0 Å². The summed E-state index contributed by atoms with van der Waals surface area (Å²) in [5.41, 5.74) is 18.2. The van der Waals surface area contributed by atoms with Gasteiger partial charge in [-0.1, -0.05) is 48.5 Å². The molecule has 0 saturated carbocycles. The number of carbonyl (C=O) groups is 2. The first kappa shape index (κ1) is 33.9. The number of hydrogen-bond acceptors (Lipinski definition) is 9. The zero-order valence-electron chi connectivity index (χ0n) is 27.4. The normalized spacial score (nSPS) is 15.4. The second kappa shape index (κ2) is 13.0. The molecule has 0 spiro atoms. The molecule has 47 heavy (non-hydrogen) atoms. The number of nitrogens with two attached hydrogens (primary N) is 2. The molecule has 3 aromatic rings. The Morgan fingerprint density at radius 3 is 2.21 bits per heavy atom. The summed E-state index contributed by atoms with van der Waals surface area (Å²) in [5, 5.41) is 8.08. The summed E-state index contributed by atoms with van der Waals surface area (Å²) in [6.45, 7) is 9.06. The maximum Gasteiger partial charge on any atom is 0.516 e. The Kier molecular flexibility index (Phi) is 9.38. The lowest BCUT2D eigenvalue weighted by atomic mass is 9.88. The fraction of sp³-hybridized carbons (Fsp3) is 0.400. The quantitative estimate of drug-likeness (QED) is 0.120. The van der Waals surface area contributed by atoms with Gasteiger partial charge in [-0.25, -0.2) is 22.3 Å². The van der Waals surface area contributed by atoms with Crippen molar-refractivity contribution in [3.05, 3.63) is 81.9 Å². The molecule has 5 N–H and O–H groups in total. The number of ether oxygens (including phenoxy) is 3. The van der Waals surface area contributed by atoms with Crippen molar-refractivity contribution in [1.29, 1.82) is 5.41 Å². The third kappa shape index (κ3) is 6.57. The van der Waals surface area contributed by atoms with Gasteiger partial charge in [-0.3, -0.25) is 5.41 Å². The molecule has 0 fully saturated rings. The minimum absolute atomic E-state index is 0.0221. The van der Waals surface area contributed by atoms with Gasteiger partial charge in [0.25, 0.3) is 10.0 Å². The van der Waals surface area contributed by atoms with Crippen LogP contribution in [0.2, 0.25) is 0 Å². The molecule has 5 rings (SSSR count). The molecule has 1 aliphatic carbocycles. The molecule has 0 saturated heterocycles. The van der Waals surface area contributed by atoms with Crippen molar-refractivity contribution in [3.8, 4) is 16.9 Å². The SMILES string of the molecule is Cc1c(C)c(S(=O)(=O)N(CCC[C@H](N)C(=O)OC(=O)OCC2c3ccccc3-c3ccccc32)C(=N)N)c(C)c2c1OC(C)(C)CC2. The number of rotatable bonds is 9. The second-order valence-electron chi connectivity index (χ2n) is 12.8. The number of sulfonamides is 1. The van der Waals surface area contributed by atoms with E-state index in [4.69, 9.17) is 31.1 Å². The van der Waals surface area contributed by atoms with E-state index in [1.54, 1.807) is 13.8 Å². The van der Waals surface area contributed by atoms with Crippen LogP contribution in [0, 0.1) is 26.2 Å². The Labute approximate surface area is 275 Å². The minimum Gasteiger partial charge on any atom is -0.487 e. The highest BCUT2D eigenvalue weighted by molar-refractivity contribution is 7.89. The van der Waals surface area contributed by atoms with Gasteiger partial charge in [-0.2, -0.15) is 0 Å². The Bertz CT molecular complexity index is 1810. The van der Waals surface area contributed by atoms with Crippen molar-refractivity contribution >= 4 is 28.1 Å². The van der Waals surface area contributed by atoms with Gasteiger partial charge in [0, 0.05) is 12.5 Å². The van der Waals surface area contributed by atoms with E-state index in [0.29, 0.717) is 23.3 Å². The van der Waals surface area contributed by atoms with Crippen LogP contribution in [0.5, 0.6) is 5.75 Å². The molecule has 3 aromatic carbocycles. The first-order valence-corrected chi connectivity index (χ1v) is 17.1. The van der Waals surface area contributed by atoms with Gasteiger partial charge in [0.2, 0.25) is 5.96 Å². The van der Waals surface area contributed by atoms with Gasteiger partial charge in [0.05, 0.1) is 4.90 Å². The second-order valence-corrected chi connectivity index (χ2v) is 14.6. The van der Waals surface area contributed by atoms with Crippen molar-refractivity contribution in [2.75, 3.05) is 13.2 Å². The van der Waals surface area contributed by atoms with Gasteiger partial charge in [0.1, 0.15) is 24.0 Å². The molecule has 0 amide bonds. The number of hydrogen-bond donors (Lipinski definition) is 3. The van der Waals surface area contributed by atoms with E-state index >= 15 is 0 Å². The Morgan fingerprint density at radius 2 is 1.62 bits per heavy atom. The summed E-state index contributed by atoms with van der Waals surface area (Å²) in [7, 11) is -4.24. The smallest absolute Gasteiger partial charge is 0.487 e. The summed E-state index contributed by atoms with van der Waals surface area (Å²) >= 11 is 0. The lowest BCUT2D eigenvalue weighted by Crippen LogP contribution is -2.43. The van der Waals surface area contributed by atoms with Crippen LogP contribution in [-0.2, 0) is 30.7 Å². The van der Waals surface area contributed by atoms with Gasteiger partial charge in [-0.05, 0) is 105 Å². The maximum absolute atomic E-state index is 14.0. The number of benzene rings is 3. The molecule has 1 aliphatic heterocycles. The van der Waals surface area contributed by atoms with E-state index in [-0.39, 0.29) is 42.4 Å². The lowest BCUT2D eigenvalue weighted by molar-refractivity contribution is -0.141. The Hall–Kier alpha value is -4.42. The van der Waals surface area contributed by atoms with Crippen molar-refractivity contribution < 1.29 is 32.2 Å². The van der Waals surface area contributed by atoms with Crippen molar-refractivity contribution in [3.63, 3.8) is 0 Å². The number of nitrogens with one attached hydrogen (secondary N) is 1. The third-order valence-corrected chi connectivity index (χ3v) is 11.3. The Balaban J connectivity index is 1.19. The summed E-state index contributed by atoms with van der Waals surface area (Å²) in [6.07, 6.45) is 0.251. The summed E-state index contributed by atoms with van der Waals surface area (Å²) in [5.74, 6) is -1.17. The van der Waals surface area contributed by atoms with Gasteiger partial charge >= 0.3 is 12.1 Å². The zero-order valence-corrected chi connectivity index (χ0v) is 28.2. The summed E-state index contributed by atoms with van der Waals surface area (Å²) in [6, 6.07) is 14.5. The first-order valence-electron chi connectivity index (χ1n) is 15.6. The van der Waals surface area contributed by atoms with Crippen molar-refractivity contribution in [2.24, 2.45) is 11.5 Å². The van der Waals surface area contributed by atoms with Crippen LogP contribution >= 0.6 is 0 Å². The maximum atomic E-state index is 14.0. The number of carbonyl (C=O) groups excluding carboxylic acids is 2. The third-order valence-electron chi connectivity index (χ3n) is 9.18. The molecule has 1 heterocycles. The van der Waals surface area contributed by atoms with Crippen molar-refractivity contribution in [1.82, 2.24) is 4.31 Å². The predicted octanol–water partition coefficient (Wildman–Crippen LogP) is 5.20. The molecule has 1 atom stereocenters. The lowest BCUT2D eigenvalue weighted by Gasteiger charge is -2.36. The average molecular weight is 663 g/mol. The molecular formula is C35H42N4O7S. The van der Waals surface area contributed by atoms with E-state index in [1.807, 2.05) is 69.3 Å². The monoisotopic (exact) mass is 662 g/mol. The van der Waals surface area contributed by atoms with Crippen LogP contribution in [0.15, 0.2) is 53.4 Å². The topological polar surface area (TPSA) is 175 Å². The van der Waals surface area contributed by atoms with E-state index in [9.17, 15) is 18.0 Å². The molecule has 250 valence electrons. The van der Waals surface area contributed by atoms with Crippen LogP contribution < -0.4 is 16.2 Å². The molecule has 0 unspecified atom stereocenters. The molecule has 0 bridgehead atoms. The van der Waals surface area contributed by atoms with Crippen LogP contribution in [0.1, 0.15) is 72.4 Å². The predicted molar refractivity (Wildman–Crippen MR) is 178 cm³/mol.